The molecular weight excluding hydrogens is 314 g/mol. The first-order chi connectivity index (χ1) is 12.0. The van der Waals surface area contributed by atoms with Gasteiger partial charge in [0.1, 0.15) is 0 Å². The van der Waals surface area contributed by atoms with Crippen molar-refractivity contribution in [3.05, 3.63) is 29.8 Å². The van der Waals surface area contributed by atoms with Crippen LogP contribution in [0.15, 0.2) is 24.3 Å². The third kappa shape index (κ3) is 5.27. The van der Waals surface area contributed by atoms with Crippen LogP contribution in [0.5, 0.6) is 0 Å². The standard InChI is InChI=1S/C20H31N3O2/c1-14-11-23(12-15(2)25-14)13-16-5-3-7-18(9-16)22-20(24)10-17-6-4-8-19(17)21/h3,5,7,9,14-15,17,19H,4,6,8,10-13,21H2,1-2H3,(H,22,24)/t14?,15?,17-,19+/m0/s1. The van der Waals surface area contributed by atoms with Gasteiger partial charge in [0.15, 0.2) is 0 Å². The number of hydrogen-bond donors (Lipinski definition) is 2. The Morgan fingerprint density at radius 2 is 2.04 bits per heavy atom. The molecule has 2 fully saturated rings. The number of morpholine rings is 1. The molecule has 3 rings (SSSR count). The summed E-state index contributed by atoms with van der Waals surface area (Å²) in [4.78, 5) is 14.7. The normalized spacial score (nSPS) is 30.4. The van der Waals surface area contributed by atoms with Gasteiger partial charge in [-0.2, -0.15) is 0 Å². The summed E-state index contributed by atoms with van der Waals surface area (Å²) in [6, 6.07) is 8.35. The molecule has 0 radical (unpaired) electrons. The average Bonchev–Trinajstić information content (AvgIpc) is 2.91. The van der Waals surface area contributed by atoms with E-state index in [0.29, 0.717) is 12.3 Å². The van der Waals surface area contributed by atoms with Gasteiger partial charge in [-0.3, -0.25) is 9.69 Å². The summed E-state index contributed by atoms with van der Waals surface area (Å²) in [7, 11) is 0. The predicted molar refractivity (Wildman–Crippen MR) is 100 cm³/mol. The SMILES string of the molecule is CC1CN(Cc2cccc(NC(=O)C[C@@H]3CCC[C@H]3N)c2)CC(C)O1. The molecule has 2 unspecified atom stereocenters. The Bertz CT molecular complexity index is 582. The number of benzene rings is 1. The van der Waals surface area contributed by atoms with E-state index in [4.69, 9.17) is 10.5 Å². The number of nitrogens with zero attached hydrogens (tertiary/aromatic N) is 1. The highest BCUT2D eigenvalue weighted by Gasteiger charge is 2.26. The molecule has 1 aromatic carbocycles. The molecule has 1 aliphatic carbocycles. The van der Waals surface area contributed by atoms with Crippen LogP contribution < -0.4 is 11.1 Å². The van der Waals surface area contributed by atoms with Gasteiger partial charge in [0.2, 0.25) is 5.91 Å². The van der Waals surface area contributed by atoms with Crippen molar-refractivity contribution < 1.29 is 9.53 Å². The zero-order valence-electron chi connectivity index (χ0n) is 15.4. The molecule has 4 atom stereocenters. The minimum Gasteiger partial charge on any atom is -0.373 e. The second kappa shape index (κ2) is 8.30. The van der Waals surface area contributed by atoms with E-state index in [2.05, 4.69) is 36.2 Å². The molecule has 1 amide bonds. The number of carbonyl (C=O) groups excluding carboxylic acids is 1. The number of nitrogens with two attached hydrogens (primary N) is 1. The number of anilines is 1. The lowest BCUT2D eigenvalue weighted by Gasteiger charge is -2.35. The summed E-state index contributed by atoms with van der Waals surface area (Å²) in [5.41, 5.74) is 8.17. The summed E-state index contributed by atoms with van der Waals surface area (Å²) in [6.07, 6.45) is 4.32. The molecule has 0 spiro atoms. The van der Waals surface area contributed by atoms with E-state index in [-0.39, 0.29) is 24.2 Å². The molecule has 3 N–H and O–H groups in total. The lowest BCUT2D eigenvalue weighted by atomic mass is 10.00. The van der Waals surface area contributed by atoms with Crippen molar-refractivity contribution in [1.29, 1.82) is 0 Å². The van der Waals surface area contributed by atoms with E-state index in [0.717, 1.165) is 44.6 Å². The van der Waals surface area contributed by atoms with Crippen LogP contribution in [-0.4, -0.2) is 42.1 Å². The molecule has 0 aromatic heterocycles. The molecule has 1 saturated carbocycles. The number of ether oxygens (including phenoxy) is 1. The second-order valence-electron chi connectivity index (χ2n) is 7.76. The third-order valence-electron chi connectivity index (χ3n) is 5.28. The van der Waals surface area contributed by atoms with Gasteiger partial charge >= 0.3 is 0 Å². The molecule has 2 aliphatic rings. The summed E-state index contributed by atoms with van der Waals surface area (Å²) in [5, 5.41) is 3.05. The van der Waals surface area contributed by atoms with Crippen LogP contribution in [0, 0.1) is 5.92 Å². The maximum atomic E-state index is 12.3. The Kier molecular flexibility index (Phi) is 6.10. The fourth-order valence-corrected chi connectivity index (χ4v) is 4.19. The predicted octanol–water partition coefficient (Wildman–Crippen LogP) is 2.75. The van der Waals surface area contributed by atoms with Crippen LogP contribution in [0.2, 0.25) is 0 Å². The Morgan fingerprint density at radius 1 is 1.28 bits per heavy atom. The van der Waals surface area contributed by atoms with Crippen molar-refractivity contribution in [1.82, 2.24) is 4.90 Å². The van der Waals surface area contributed by atoms with Gasteiger partial charge < -0.3 is 15.8 Å². The largest absolute Gasteiger partial charge is 0.373 e. The fourth-order valence-electron chi connectivity index (χ4n) is 4.19. The van der Waals surface area contributed by atoms with E-state index >= 15 is 0 Å². The fraction of sp³-hybridized carbons (Fsp3) is 0.650. The summed E-state index contributed by atoms with van der Waals surface area (Å²) in [6.45, 7) is 7.01. The molecule has 1 heterocycles. The van der Waals surface area contributed by atoms with Crippen molar-refractivity contribution in [3.63, 3.8) is 0 Å². The zero-order chi connectivity index (χ0) is 17.8. The number of hydrogen-bond acceptors (Lipinski definition) is 4. The topological polar surface area (TPSA) is 67.6 Å². The first-order valence-electron chi connectivity index (χ1n) is 9.52. The van der Waals surface area contributed by atoms with Crippen molar-refractivity contribution >= 4 is 11.6 Å². The monoisotopic (exact) mass is 345 g/mol. The Balaban J connectivity index is 1.55. The first-order valence-corrected chi connectivity index (χ1v) is 9.52. The number of nitrogens with one attached hydrogen (secondary N) is 1. The van der Waals surface area contributed by atoms with E-state index < -0.39 is 0 Å². The van der Waals surface area contributed by atoms with Gasteiger partial charge in [0.05, 0.1) is 12.2 Å². The van der Waals surface area contributed by atoms with Gasteiger partial charge in [0.25, 0.3) is 0 Å². The van der Waals surface area contributed by atoms with E-state index in [1.165, 1.54) is 5.56 Å². The minimum absolute atomic E-state index is 0.0770. The van der Waals surface area contributed by atoms with Gasteiger partial charge in [0, 0.05) is 37.8 Å². The quantitative estimate of drug-likeness (QED) is 0.861. The minimum atomic E-state index is 0.0770. The number of amides is 1. The van der Waals surface area contributed by atoms with Crippen molar-refractivity contribution in [2.24, 2.45) is 11.7 Å². The Morgan fingerprint density at radius 3 is 2.72 bits per heavy atom. The van der Waals surface area contributed by atoms with E-state index in [9.17, 15) is 4.79 Å². The molecule has 5 nitrogen and oxygen atoms in total. The van der Waals surface area contributed by atoms with Gasteiger partial charge in [-0.1, -0.05) is 18.6 Å². The van der Waals surface area contributed by atoms with Gasteiger partial charge in [-0.25, -0.2) is 0 Å². The molecule has 138 valence electrons. The van der Waals surface area contributed by atoms with E-state index in [1.54, 1.807) is 0 Å². The van der Waals surface area contributed by atoms with Crippen molar-refractivity contribution in [3.8, 4) is 0 Å². The lowest BCUT2D eigenvalue weighted by Crippen LogP contribution is -2.44. The molecule has 5 heteroatoms. The number of carbonyl (C=O) groups is 1. The Hall–Kier alpha value is -1.43. The van der Waals surface area contributed by atoms with Crippen LogP contribution in [-0.2, 0) is 16.1 Å². The Labute approximate surface area is 150 Å². The van der Waals surface area contributed by atoms with Gasteiger partial charge in [-0.15, -0.1) is 0 Å². The van der Waals surface area contributed by atoms with Crippen LogP contribution in [0.3, 0.4) is 0 Å². The molecule has 1 aromatic rings. The molecule has 1 aliphatic heterocycles. The van der Waals surface area contributed by atoms with Crippen LogP contribution >= 0.6 is 0 Å². The van der Waals surface area contributed by atoms with Crippen LogP contribution in [0.4, 0.5) is 5.69 Å². The lowest BCUT2D eigenvalue weighted by molar-refractivity contribution is -0.117. The number of rotatable bonds is 5. The average molecular weight is 345 g/mol. The van der Waals surface area contributed by atoms with Crippen molar-refractivity contribution in [2.75, 3.05) is 18.4 Å². The first kappa shape index (κ1) is 18.4. The highest BCUT2D eigenvalue weighted by atomic mass is 16.5. The highest BCUT2D eigenvalue weighted by Crippen LogP contribution is 2.27. The summed E-state index contributed by atoms with van der Waals surface area (Å²) in [5.74, 6) is 0.410. The molecule has 1 saturated heterocycles. The maximum absolute atomic E-state index is 12.3. The second-order valence-corrected chi connectivity index (χ2v) is 7.76. The van der Waals surface area contributed by atoms with Crippen LogP contribution in [0.25, 0.3) is 0 Å². The van der Waals surface area contributed by atoms with E-state index in [1.807, 2.05) is 12.1 Å². The molecular formula is C20H31N3O2. The molecule has 25 heavy (non-hydrogen) atoms. The van der Waals surface area contributed by atoms with Gasteiger partial charge in [-0.05, 0) is 50.3 Å². The van der Waals surface area contributed by atoms with Crippen molar-refractivity contribution in [2.45, 2.75) is 64.3 Å². The molecule has 0 bridgehead atoms. The maximum Gasteiger partial charge on any atom is 0.224 e. The summed E-state index contributed by atoms with van der Waals surface area (Å²) < 4.78 is 5.79. The highest BCUT2D eigenvalue weighted by molar-refractivity contribution is 5.91. The third-order valence-corrected chi connectivity index (χ3v) is 5.28. The zero-order valence-corrected chi connectivity index (χ0v) is 15.4. The smallest absolute Gasteiger partial charge is 0.224 e. The summed E-state index contributed by atoms with van der Waals surface area (Å²) >= 11 is 0. The van der Waals surface area contributed by atoms with Crippen LogP contribution in [0.1, 0.15) is 45.1 Å².